The molecule has 0 amide bonds. The van der Waals surface area contributed by atoms with Crippen LogP contribution in [0.3, 0.4) is 0 Å². The van der Waals surface area contributed by atoms with Crippen LogP contribution in [-0.4, -0.2) is 20.3 Å². The van der Waals surface area contributed by atoms with Gasteiger partial charge in [-0.2, -0.15) is 0 Å². The van der Waals surface area contributed by atoms with Crippen molar-refractivity contribution in [2.45, 2.75) is 6.92 Å². The van der Waals surface area contributed by atoms with Crippen LogP contribution in [0.2, 0.25) is 0 Å². The van der Waals surface area contributed by atoms with Gasteiger partial charge < -0.3 is 9.47 Å². The van der Waals surface area contributed by atoms with Crippen molar-refractivity contribution in [2.24, 2.45) is 0 Å². The highest BCUT2D eigenvalue weighted by molar-refractivity contribution is 9.10. The largest absolute Gasteiger partial charge is 0.488 e. The molecule has 14 heavy (non-hydrogen) atoms. The zero-order chi connectivity index (χ0) is 10.6. The smallest absolute Gasteiger partial charge is 0.166 e. The van der Waals surface area contributed by atoms with Crippen LogP contribution in [-0.2, 0) is 4.74 Å². The molecule has 0 fully saturated rings. The lowest BCUT2D eigenvalue weighted by atomic mass is 10.2. The van der Waals surface area contributed by atoms with Crippen LogP contribution in [0.25, 0.3) is 0 Å². The average Bonchev–Trinajstić information content (AvgIpc) is 2.14. The van der Waals surface area contributed by atoms with Crippen molar-refractivity contribution in [2.75, 3.05) is 20.3 Å². The van der Waals surface area contributed by atoms with Crippen molar-refractivity contribution >= 4 is 15.9 Å². The molecular weight excluding hydrogens is 251 g/mol. The maximum absolute atomic E-state index is 13.3. The number of ether oxygens (including phenoxy) is 2. The lowest BCUT2D eigenvalue weighted by Crippen LogP contribution is -2.05. The third-order valence-corrected chi connectivity index (χ3v) is 2.61. The van der Waals surface area contributed by atoms with E-state index in [9.17, 15) is 4.39 Å². The van der Waals surface area contributed by atoms with E-state index in [0.717, 1.165) is 10.0 Å². The second kappa shape index (κ2) is 5.32. The second-order valence-corrected chi connectivity index (χ2v) is 3.73. The highest BCUT2D eigenvalue weighted by Gasteiger charge is 2.06. The van der Waals surface area contributed by atoms with Crippen LogP contribution >= 0.6 is 15.9 Å². The molecule has 78 valence electrons. The summed E-state index contributed by atoms with van der Waals surface area (Å²) in [5.74, 6) is -0.0960. The van der Waals surface area contributed by atoms with Crippen LogP contribution in [0.15, 0.2) is 16.6 Å². The van der Waals surface area contributed by atoms with Crippen LogP contribution < -0.4 is 4.74 Å². The van der Waals surface area contributed by atoms with Gasteiger partial charge >= 0.3 is 0 Å². The summed E-state index contributed by atoms with van der Waals surface area (Å²) in [4.78, 5) is 0. The minimum absolute atomic E-state index is 0.266. The van der Waals surface area contributed by atoms with Crippen molar-refractivity contribution in [3.63, 3.8) is 0 Å². The number of aryl methyl sites for hydroxylation is 1. The molecule has 0 aliphatic carbocycles. The third-order valence-electron chi connectivity index (χ3n) is 1.76. The maximum atomic E-state index is 13.3. The minimum atomic E-state index is -0.362. The number of benzene rings is 1. The fraction of sp³-hybridized carbons (Fsp3) is 0.400. The molecule has 0 atom stereocenters. The van der Waals surface area contributed by atoms with Gasteiger partial charge in [-0.15, -0.1) is 0 Å². The molecule has 0 aliphatic rings. The van der Waals surface area contributed by atoms with Crippen molar-refractivity contribution < 1.29 is 13.9 Å². The van der Waals surface area contributed by atoms with Gasteiger partial charge in [-0.3, -0.25) is 0 Å². The Bertz CT molecular complexity index is 315. The van der Waals surface area contributed by atoms with Crippen molar-refractivity contribution in [3.8, 4) is 5.75 Å². The molecule has 4 heteroatoms. The number of halogens is 2. The molecule has 0 bridgehead atoms. The summed E-state index contributed by atoms with van der Waals surface area (Å²) >= 11 is 3.24. The maximum Gasteiger partial charge on any atom is 0.166 e. The standard InChI is InChI=1S/C10H12BrFO2/c1-7-5-10(14-4-3-13-2)9(12)6-8(7)11/h5-6H,3-4H2,1-2H3. The molecule has 0 spiro atoms. The Hall–Kier alpha value is -0.610. The van der Waals surface area contributed by atoms with Gasteiger partial charge in [0, 0.05) is 11.6 Å². The molecule has 0 aromatic heterocycles. The van der Waals surface area contributed by atoms with Gasteiger partial charge in [0.25, 0.3) is 0 Å². The SMILES string of the molecule is COCCOc1cc(C)c(Br)cc1F. The van der Waals surface area contributed by atoms with E-state index in [1.807, 2.05) is 6.92 Å². The summed E-state index contributed by atoms with van der Waals surface area (Å²) in [6, 6.07) is 3.06. The first kappa shape index (κ1) is 11.5. The Morgan fingerprint density at radius 1 is 1.36 bits per heavy atom. The Morgan fingerprint density at radius 3 is 2.71 bits per heavy atom. The molecule has 1 aromatic carbocycles. The number of hydrogen-bond acceptors (Lipinski definition) is 2. The molecule has 0 unspecified atom stereocenters. The number of methoxy groups -OCH3 is 1. The van der Waals surface area contributed by atoms with E-state index in [4.69, 9.17) is 9.47 Å². The van der Waals surface area contributed by atoms with E-state index in [2.05, 4.69) is 15.9 Å². The molecule has 0 radical (unpaired) electrons. The van der Waals surface area contributed by atoms with Crippen LogP contribution in [0.1, 0.15) is 5.56 Å². The first-order valence-corrected chi connectivity index (χ1v) is 5.02. The van der Waals surface area contributed by atoms with Gasteiger partial charge in [-0.25, -0.2) is 4.39 Å². The van der Waals surface area contributed by atoms with Gasteiger partial charge in [0.15, 0.2) is 11.6 Å². The zero-order valence-corrected chi connectivity index (χ0v) is 9.73. The second-order valence-electron chi connectivity index (χ2n) is 2.87. The molecule has 0 saturated heterocycles. The van der Waals surface area contributed by atoms with E-state index < -0.39 is 0 Å². The van der Waals surface area contributed by atoms with E-state index in [0.29, 0.717) is 13.2 Å². The van der Waals surface area contributed by atoms with Crippen molar-refractivity contribution in [1.82, 2.24) is 0 Å². The van der Waals surface area contributed by atoms with Gasteiger partial charge in [-0.1, -0.05) is 15.9 Å². The molecule has 0 saturated carbocycles. The highest BCUT2D eigenvalue weighted by atomic mass is 79.9. The first-order chi connectivity index (χ1) is 6.65. The fourth-order valence-electron chi connectivity index (χ4n) is 0.976. The monoisotopic (exact) mass is 262 g/mol. The first-order valence-electron chi connectivity index (χ1n) is 4.22. The summed E-state index contributed by atoms with van der Waals surface area (Å²) < 4.78 is 24.0. The van der Waals surface area contributed by atoms with Gasteiger partial charge in [0.2, 0.25) is 0 Å². The quantitative estimate of drug-likeness (QED) is 0.777. The normalized spacial score (nSPS) is 10.3. The highest BCUT2D eigenvalue weighted by Crippen LogP contribution is 2.25. The van der Waals surface area contributed by atoms with E-state index >= 15 is 0 Å². The lowest BCUT2D eigenvalue weighted by Gasteiger charge is -2.08. The van der Waals surface area contributed by atoms with Gasteiger partial charge in [0.05, 0.1) is 6.61 Å². The Kier molecular flexibility index (Phi) is 4.35. The zero-order valence-electron chi connectivity index (χ0n) is 8.14. The predicted octanol–water partition coefficient (Wildman–Crippen LogP) is 2.92. The fourth-order valence-corrected chi connectivity index (χ4v) is 1.29. The van der Waals surface area contributed by atoms with E-state index in [-0.39, 0.29) is 11.6 Å². The molecule has 0 N–H and O–H groups in total. The van der Waals surface area contributed by atoms with Crippen LogP contribution in [0, 0.1) is 12.7 Å². The molecule has 1 aromatic rings. The summed E-state index contributed by atoms with van der Waals surface area (Å²) in [6.07, 6.45) is 0. The van der Waals surface area contributed by atoms with E-state index in [1.165, 1.54) is 6.07 Å². The number of rotatable bonds is 4. The van der Waals surface area contributed by atoms with Gasteiger partial charge in [-0.05, 0) is 24.6 Å². The molecule has 2 nitrogen and oxygen atoms in total. The minimum Gasteiger partial charge on any atom is -0.488 e. The predicted molar refractivity (Wildman–Crippen MR) is 56.2 cm³/mol. The number of hydrogen-bond donors (Lipinski definition) is 0. The van der Waals surface area contributed by atoms with Crippen LogP contribution in [0.5, 0.6) is 5.75 Å². The Morgan fingerprint density at radius 2 is 2.07 bits per heavy atom. The summed E-state index contributed by atoms with van der Waals surface area (Å²) in [6.45, 7) is 2.69. The molecule has 1 rings (SSSR count). The molecule has 0 heterocycles. The van der Waals surface area contributed by atoms with Crippen LogP contribution in [0.4, 0.5) is 4.39 Å². The van der Waals surface area contributed by atoms with Crippen molar-refractivity contribution in [1.29, 1.82) is 0 Å². The lowest BCUT2D eigenvalue weighted by molar-refractivity contribution is 0.144. The summed E-state index contributed by atoms with van der Waals surface area (Å²) in [5.41, 5.74) is 0.943. The van der Waals surface area contributed by atoms with E-state index in [1.54, 1.807) is 13.2 Å². The molecular formula is C10H12BrFO2. The third kappa shape index (κ3) is 2.96. The molecule has 0 aliphatic heterocycles. The average molecular weight is 263 g/mol. The Labute approximate surface area is 91.2 Å². The summed E-state index contributed by atoms with van der Waals surface area (Å²) in [5, 5.41) is 0. The van der Waals surface area contributed by atoms with Crippen molar-refractivity contribution in [3.05, 3.63) is 28.0 Å². The topological polar surface area (TPSA) is 18.5 Å². The Balaban J connectivity index is 2.72. The summed E-state index contributed by atoms with van der Waals surface area (Å²) in [7, 11) is 1.58. The van der Waals surface area contributed by atoms with Gasteiger partial charge in [0.1, 0.15) is 6.61 Å².